The molecule has 0 bridgehead atoms. The summed E-state index contributed by atoms with van der Waals surface area (Å²) < 4.78 is 57.1. The van der Waals surface area contributed by atoms with Crippen molar-refractivity contribution in [2.45, 2.75) is 45.4 Å². The van der Waals surface area contributed by atoms with Crippen LogP contribution in [0.25, 0.3) is 22.2 Å². The van der Waals surface area contributed by atoms with E-state index in [1.165, 1.54) is 0 Å². The number of halogens is 3. The van der Waals surface area contributed by atoms with E-state index in [4.69, 9.17) is 14.2 Å². The largest absolute Gasteiger partial charge is 0.494 e. The fraction of sp³-hybridized carbons (Fsp3) is 0.300. The van der Waals surface area contributed by atoms with E-state index in [1.54, 1.807) is 25.1 Å². The number of unbranched alkanes of at least 4 members (excludes halogenated alkanes) is 2. The predicted octanol–water partition coefficient (Wildman–Crippen LogP) is 7.40. The first kappa shape index (κ1) is 27.9. The molecule has 39 heavy (non-hydrogen) atoms. The van der Waals surface area contributed by atoms with Gasteiger partial charge in [0.05, 0.1) is 13.2 Å². The van der Waals surface area contributed by atoms with Crippen molar-refractivity contribution >= 4 is 16.7 Å². The number of carbonyl (C=O) groups excluding carboxylic acids is 1. The molecule has 0 saturated heterocycles. The van der Waals surface area contributed by atoms with Gasteiger partial charge >= 0.3 is 12.1 Å². The normalized spacial score (nSPS) is 11.4. The van der Waals surface area contributed by atoms with E-state index >= 15 is 0 Å². The SMILES string of the molecule is CCOC(=O)CCCCCOc1ccc2cc(-c3nc(OCc4ccccc4)cc(C(F)(F)F)n3)ccc2c1. The molecule has 0 amide bonds. The summed E-state index contributed by atoms with van der Waals surface area (Å²) in [6.45, 7) is 2.77. The molecule has 204 valence electrons. The van der Waals surface area contributed by atoms with E-state index in [0.29, 0.717) is 30.9 Å². The van der Waals surface area contributed by atoms with E-state index < -0.39 is 11.9 Å². The smallest absolute Gasteiger partial charge is 0.433 e. The van der Waals surface area contributed by atoms with Crippen molar-refractivity contribution in [1.82, 2.24) is 9.97 Å². The van der Waals surface area contributed by atoms with Crippen LogP contribution in [0.4, 0.5) is 13.2 Å². The molecule has 3 aromatic carbocycles. The Hall–Kier alpha value is -4.14. The Labute approximate surface area is 224 Å². The summed E-state index contributed by atoms with van der Waals surface area (Å²) in [5.41, 5.74) is 0.182. The summed E-state index contributed by atoms with van der Waals surface area (Å²) >= 11 is 0. The lowest BCUT2D eigenvalue weighted by atomic mass is 10.1. The summed E-state index contributed by atoms with van der Waals surface area (Å²) in [5.74, 6) is 0.284. The topological polar surface area (TPSA) is 70.5 Å². The molecule has 0 aliphatic rings. The highest BCUT2D eigenvalue weighted by molar-refractivity contribution is 5.87. The summed E-state index contributed by atoms with van der Waals surface area (Å²) in [4.78, 5) is 19.4. The Balaban J connectivity index is 1.44. The van der Waals surface area contributed by atoms with Crippen molar-refractivity contribution in [3.8, 4) is 23.0 Å². The molecule has 0 fully saturated rings. The quantitative estimate of drug-likeness (QED) is 0.138. The molecule has 0 atom stereocenters. The van der Waals surface area contributed by atoms with Crippen molar-refractivity contribution in [3.63, 3.8) is 0 Å². The minimum Gasteiger partial charge on any atom is -0.494 e. The summed E-state index contributed by atoms with van der Waals surface area (Å²) in [6.07, 6.45) is -1.84. The lowest BCUT2D eigenvalue weighted by molar-refractivity contribution is -0.143. The third-order valence-corrected chi connectivity index (χ3v) is 5.89. The summed E-state index contributed by atoms with van der Waals surface area (Å²) in [5, 5.41) is 1.67. The molecule has 0 N–H and O–H groups in total. The maximum atomic E-state index is 13.6. The second-order valence-corrected chi connectivity index (χ2v) is 8.87. The molecule has 0 unspecified atom stereocenters. The van der Waals surface area contributed by atoms with E-state index in [9.17, 15) is 18.0 Å². The van der Waals surface area contributed by atoms with Crippen LogP contribution in [-0.2, 0) is 22.3 Å². The van der Waals surface area contributed by atoms with Crippen LogP contribution in [0.5, 0.6) is 11.6 Å². The first-order chi connectivity index (χ1) is 18.8. The van der Waals surface area contributed by atoms with Crippen LogP contribution in [-0.4, -0.2) is 29.2 Å². The van der Waals surface area contributed by atoms with Gasteiger partial charge in [0, 0.05) is 18.1 Å². The number of hydrogen-bond acceptors (Lipinski definition) is 6. The van der Waals surface area contributed by atoms with Gasteiger partial charge in [0.25, 0.3) is 0 Å². The second-order valence-electron chi connectivity index (χ2n) is 8.87. The Morgan fingerprint density at radius 3 is 2.38 bits per heavy atom. The lowest BCUT2D eigenvalue weighted by Gasteiger charge is -2.12. The first-order valence-corrected chi connectivity index (χ1v) is 12.8. The maximum absolute atomic E-state index is 13.6. The van der Waals surface area contributed by atoms with Crippen LogP contribution < -0.4 is 9.47 Å². The predicted molar refractivity (Wildman–Crippen MR) is 141 cm³/mol. The summed E-state index contributed by atoms with van der Waals surface area (Å²) in [6, 6.07) is 20.7. The highest BCUT2D eigenvalue weighted by Gasteiger charge is 2.34. The molecule has 0 aliphatic heterocycles. The third kappa shape index (κ3) is 8.17. The molecule has 0 saturated carbocycles. The Morgan fingerprint density at radius 2 is 1.62 bits per heavy atom. The van der Waals surface area contributed by atoms with Crippen LogP contribution in [0.2, 0.25) is 0 Å². The molecular weight excluding hydrogens is 509 g/mol. The molecule has 0 spiro atoms. The minimum absolute atomic E-state index is 0.0714. The number of benzene rings is 3. The maximum Gasteiger partial charge on any atom is 0.433 e. The number of rotatable bonds is 12. The monoisotopic (exact) mass is 538 g/mol. The second kappa shape index (κ2) is 13.1. The number of fused-ring (bicyclic) bond motifs is 1. The zero-order valence-electron chi connectivity index (χ0n) is 21.5. The van der Waals surface area contributed by atoms with Crippen LogP contribution in [0.1, 0.15) is 43.9 Å². The van der Waals surface area contributed by atoms with Gasteiger partial charge < -0.3 is 14.2 Å². The van der Waals surface area contributed by atoms with Gasteiger partial charge in [-0.05, 0) is 60.7 Å². The van der Waals surface area contributed by atoms with E-state index in [1.807, 2.05) is 48.5 Å². The van der Waals surface area contributed by atoms with Crippen molar-refractivity contribution in [1.29, 1.82) is 0 Å². The van der Waals surface area contributed by atoms with Crippen molar-refractivity contribution < 1.29 is 32.2 Å². The molecular formula is C30H29F3N2O4. The number of alkyl halides is 3. The van der Waals surface area contributed by atoms with Crippen LogP contribution >= 0.6 is 0 Å². The van der Waals surface area contributed by atoms with E-state index in [0.717, 1.165) is 41.7 Å². The zero-order chi connectivity index (χ0) is 27.7. The Bertz CT molecular complexity index is 1390. The Kier molecular flexibility index (Phi) is 9.35. The molecule has 0 radical (unpaired) electrons. The molecule has 9 heteroatoms. The standard InChI is InChI=1S/C30H29F3N2O4/c1-2-37-28(36)11-7-4-8-16-38-25-15-14-22-17-24(13-12-23(22)18-25)29-34-26(30(31,32)33)19-27(35-29)39-20-21-9-5-3-6-10-21/h3,5-6,9-10,12-15,17-19H,2,4,7-8,11,16,20H2,1H3. The third-order valence-electron chi connectivity index (χ3n) is 5.89. The first-order valence-electron chi connectivity index (χ1n) is 12.8. The van der Waals surface area contributed by atoms with Gasteiger partial charge in [-0.3, -0.25) is 4.79 Å². The zero-order valence-corrected chi connectivity index (χ0v) is 21.5. The Morgan fingerprint density at radius 1 is 0.846 bits per heavy atom. The number of esters is 1. The van der Waals surface area contributed by atoms with Gasteiger partial charge in [0.15, 0.2) is 11.5 Å². The van der Waals surface area contributed by atoms with E-state index in [2.05, 4.69) is 9.97 Å². The highest BCUT2D eigenvalue weighted by atomic mass is 19.4. The molecule has 6 nitrogen and oxygen atoms in total. The van der Waals surface area contributed by atoms with Gasteiger partial charge in [-0.25, -0.2) is 4.98 Å². The fourth-order valence-corrected chi connectivity index (χ4v) is 3.93. The molecule has 0 aliphatic carbocycles. The number of aromatic nitrogens is 2. The van der Waals surface area contributed by atoms with Crippen molar-refractivity contribution in [3.05, 3.63) is 84.1 Å². The van der Waals surface area contributed by atoms with Crippen LogP contribution in [0.15, 0.2) is 72.8 Å². The van der Waals surface area contributed by atoms with Crippen LogP contribution in [0, 0.1) is 0 Å². The van der Waals surface area contributed by atoms with Gasteiger partial charge in [0.2, 0.25) is 5.88 Å². The van der Waals surface area contributed by atoms with Gasteiger partial charge in [-0.1, -0.05) is 48.5 Å². The molecule has 4 aromatic rings. The van der Waals surface area contributed by atoms with Gasteiger partial charge in [0.1, 0.15) is 12.4 Å². The number of carbonyl (C=O) groups is 1. The average Bonchev–Trinajstić information content (AvgIpc) is 2.93. The molecule has 1 heterocycles. The number of nitrogens with zero attached hydrogens (tertiary/aromatic N) is 2. The van der Waals surface area contributed by atoms with Crippen LogP contribution in [0.3, 0.4) is 0 Å². The minimum atomic E-state index is -4.65. The van der Waals surface area contributed by atoms with Gasteiger partial charge in [-0.2, -0.15) is 18.2 Å². The molecule has 4 rings (SSSR count). The average molecular weight is 539 g/mol. The number of ether oxygens (including phenoxy) is 3. The van der Waals surface area contributed by atoms with E-state index in [-0.39, 0.29) is 24.3 Å². The van der Waals surface area contributed by atoms with Crippen molar-refractivity contribution in [2.75, 3.05) is 13.2 Å². The van der Waals surface area contributed by atoms with Crippen molar-refractivity contribution in [2.24, 2.45) is 0 Å². The molecule has 1 aromatic heterocycles. The number of hydrogen-bond donors (Lipinski definition) is 0. The highest BCUT2D eigenvalue weighted by Crippen LogP contribution is 2.33. The fourth-order valence-electron chi connectivity index (χ4n) is 3.93. The summed E-state index contributed by atoms with van der Waals surface area (Å²) in [7, 11) is 0. The van der Waals surface area contributed by atoms with Gasteiger partial charge in [-0.15, -0.1) is 0 Å². The lowest BCUT2D eigenvalue weighted by Crippen LogP contribution is -2.11.